The van der Waals surface area contributed by atoms with Crippen LogP contribution in [0.5, 0.6) is 0 Å². The van der Waals surface area contributed by atoms with Gasteiger partial charge in [0.05, 0.1) is 0 Å². The molecule has 2 unspecified atom stereocenters. The van der Waals surface area contributed by atoms with Crippen LogP contribution in [-0.4, -0.2) is 54.6 Å². The quantitative estimate of drug-likeness (QED) is 0.747. The molecule has 1 aliphatic rings. The Balaban J connectivity index is 2.32. The van der Waals surface area contributed by atoms with Gasteiger partial charge in [-0.15, -0.1) is 0 Å². The Bertz CT molecular complexity index is 172. The molecule has 1 saturated heterocycles. The van der Waals surface area contributed by atoms with Crippen molar-refractivity contribution in [3.63, 3.8) is 0 Å². The summed E-state index contributed by atoms with van der Waals surface area (Å²) in [5.41, 5.74) is 5.80. The first-order chi connectivity index (χ1) is 7.72. The van der Waals surface area contributed by atoms with Crippen LogP contribution in [0.4, 0.5) is 0 Å². The summed E-state index contributed by atoms with van der Waals surface area (Å²) < 4.78 is 0. The molecule has 3 heteroatoms. The fourth-order valence-electron chi connectivity index (χ4n) is 2.72. The first-order valence-corrected chi connectivity index (χ1v) is 6.91. The lowest BCUT2D eigenvalue weighted by molar-refractivity contribution is 0.0718. The lowest BCUT2D eigenvalue weighted by Crippen LogP contribution is -2.54. The molecule has 0 radical (unpaired) electrons. The highest BCUT2D eigenvalue weighted by molar-refractivity contribution is 4.80. The van der Waals surface area contributed by atoms with Gasteiger partial charge in [-0.3, -0.25) is 9.80 Å². The molecule has 3 nitrogen and oxygen atoms in total. The maximum absolute atomic E-state index is 5.80. The van der Waals surface area contributed by atoms with Crippen molar-refractivity contribution in [2.24, 2.45) is 5.73 Å². The smallest absolute Gasteiger partial charge is 0.0216 e. The van der Waals surface area contributed by atoms with Crippen LogP contribution in [0.1, 0.15) is 40.0 Å². The van der Waals surface area contributed by atoms with E-state index in [2.05, 4.69) is 30.6 Å². The second kappa shape index (κ2) is 7.25. The van der Waals surface area contributed by atoms with Crippen molar-refractivity contribution in [2.75, 3.05) is 32.7 Å². The van der Waals surface area contributed by atoms with Crippen LogP contribution in [0, 0.1) is 0 Å². The van der Waals surface area contributed by atoms with E-state index in [-0.39, 0.29) is 0 Å². The maximum Gasteiger partial charge on any atom is 0.0216 e. The van der Waals surface area contributed by atoms with Crippen molar-refractivity contribution < 1.29 is 0 Å². The van der Waals surface area contributed by atoms with Crippen molar-refractivity contribution in [3.05, 3.63) is 0 Å². The van der Waals surface area contributed by atoms with Gasteiger partial charge in [0.25, 0.3) is 0 Å². The SMILES string of the molecule is CCCC(C)N1CCN(C(CC)CN)CC1. The zero-order valence-corrected chi connectivity index (χ0v) is 11.3. The number of hydrogen-bond acceptors (Lipinski definition) is 3. The lowest BCUT2D eigenvalue weighted by atomic mass is 10.1. The molecule has 0 aliphatic carbocycles. The van der Waals surface area contributed by atoms with Gasteiger partial charge >= 0.3 is 0 Å². The minimum atomic E-state index is 0.601. The van der Waals surface area contributed by atoms with E-state index in [0.717, 1.165) is 12.6 Å². The van der Waals surface area contributed by atoms with Crippen LogP contribution in [0.15, 0.2) is 0 Å². The summed E-state index contributed by atoms with van der Waals surface area (Å²) in [6, 6.07) is 1.36. The summed E-state index contributed by atoms with van der Waals surface area (Å²) in [6.07, 6.45) is 3.80. The van der Waals surface area contributed by atoms with Gasteiger partial charge in [0.1, 0.15) is 0 Å². The van der Waals surface area contributed by atoms with Crippen molar-refractivity contribution in [2.45, 2.75) is 52.1 Å². The molecule has 1 rings (SSSR count). The van der Waals surface area contributed by atoms with E-state index in [9.17, 15) is 0 Å². The zero-order valence-electron chi connectivity index (χ0n) is 11.3. The third-order valence-electron chi connectivity index (χ3n) is 3.94. The van der Waals surface area contributed by atoms with Gasteiger partial charge in [0, 0.05) is 44.8 Å². The third-order valence-corrected chi connectivity index (χ3v) is 3.94. The predicted molar refractivity (Wildman–Crippen MR) is 70.6 cm³/mol. The van der Waals surface area contributed by atoms with Gasteiger partial charge in [-0.1, -0.05) is 20.3 Å². The van der Waals surface area contributed by atoms with Crippen LogP contribution in [0.2, 0.25) is 0 Å². The third kappa shape index (κ3) is 3.72. The second-order valence-corrected chi connectivity index (χ2v) is 5.01. The highest BCUT2D eigenvalue weighted by Crippen LogP contribution is 2.13. The van der Waals surface area contributed by atoms with Gasteiger partial charge in [0.15, 0.2) is 0 Å². The first-order valence-electron chi connectivity index (χ1n) is 6.91. The maximum atomic E-state index is 5.80. The van der Waals surface area contributed by atoms with Crippen LogP contribution in [0.25, 0.3) is 0 Å². The molecule has 2 N–H and O–H groups in total. The lowest BCUT2D eigenvalue weighted by Gasteiger charge is -2.41. The number of rotatable bonds is 6. The van der Waals surface area contributed by atoms with E-state index in [0.29, 0.717) is 6.04 Å². The highest BCUT2D eigenvalue weighted by Gasteiger charge is 2.23. The summed E-state index contributed by atoms with van der Waals surface area (Å²) in [6.45, 7) is 12.5. The number of piperazine rings is 1. The van der Waals surface area contributed by atoms with Gasteiger partial charge in [-0.25, -0.2) is 0 Å². The molecule has 0 amide bonds. The monoisotopic (exact) mass is 227 g/mol. The Morgan fingerprint density at radius 1 is 1.06 bits per heavy atom. The standard InChI is InChI=1S/C13H29N3/c1-4-6-12(3)15-7-9-16(10-8-15)13(5-2)11-14/h12-13H,4-11,14H2,1-3H3. The Labute approximate surface area is 101 Å². The van der Waals surface area contributed by atoms with Gasteiger partial charge in [0.2, 0.25) is 0 Å². The van der Waals surface area contributed by atoms with Crippen molar-refractivity contribution in [1.82, 2.24) is 9.80 Å². The molecule has 0 aromatic carbocycles. The number of hydrogen-bond donors (Lipinski definition) is 1. The molecule has 0 saturated carbocycles. The van der Waals surface area contributed by atoms with Gasteiger partial charge in [-0.05, 0) is 19.8 Å². The normalized spacial score (nSPS) is 23.2. The molecule has 1 fully saturated rings. The molecule has 16 heavy (non-hydrogen) atoms. The molecule has 2 atom stereocenters. The van der Waals surface area contributed by atoms with Crippen LogP contribution in [-0.2, 0) is 0 Å². The first kappa shape index (κ1) is 13.9. The molecular weight excluding hydrogens is 198 g/mol. The van der Waals surface area contributed by atoms with E-state index < -0.39 is 0 Å². The van der Waals surface area contributed by atoms with Crippen LogP contribution < -0.4 is 5.73 Å². The summed E-state index contributed by atoms with van der Waals surface area (Å²) in [4.78, 5) is 5.19. The Morgan fingerprint density at radius 2 is 1.62 bits per heavy atom. The van der Waals surface area contributed by atoms with Gasteiger partial charge < -0.3 is 5.73 Å². The fourth-order valence-corrected chi connectivity index (χ4v) is 2.72. The van der Waals surface area contributed by atoms with Crippen molar-refractivity contribution in [3.8, 4) is 0 Å². The summed E-state index contributed by atoms with van der Waals surface area (Å²) in [7, 11) is 0. The summed E-state index contributed by atoms with van der Waals surface area (Å²) in [5.74, 6) is 0. The topological polar surface area (TPSA) is 32.5 Å². The molecule has 0 spiro atoms. The molecule has 1 aliphatic heterocycles. The molecule has 1 heterocycles. The van der Waals surface area contributed by atoms with Gasteiger partial charge in [-0.2, -0.15) is 0 Å². The molecule has 0 bridgehead atoms. The second-order valence-electron chi connectivity index (χ2n) is 5.01. The molecule has 0 aromatic rings. The summed E-state index contributed by atoms with van der Waals surface area (Å²) in [5, 5.41) is 0. The molecule has 96 valence electrons. The highest BCUT2D eigenvalue weighted by atomic mass is 15.3. The van der Waals surface area contributed by atoms with E-state index in [1.165, 1.54) is 45.4 Å². The van der Waals surface area contributed by atoms with Crippen LogP contribution in [0.3, 0.4) is 0 Å². The average Bonchev–Trinajstić information content (AvgIpc) is 2.32. The summed E-state index contributed by atoms with van der Waals surface area (Å²) >= 11 is 0. The van der Waals surface area contributed by atoms with E-state index in [1.807, 2.05) is 0 Å². The van der Waals surface area contributed by atoms with E-state index in [1.54, 1.807) is 0 Å². The predicted octanol–water partition coefficient (Wildman–Crippen LogP) is 1.53. The zero-order chi connectivity index (χ0) is 12.0. The fraction of sp³-hybridized carbons (Fsp3) is 1.00. The van der Waals surface area contributed by atoms with E-state index >= 15 is 0 Å². The minimum absolute atomic E-state index is 0.601. The van der Waals surface area contributed by atoms with Crippen molar-refractivity contribution in [1.29, 1.82) is 0 Å². The minimum Gasteiger partial charge on any atom is -0.329 e. The Morgan fingerprint density at radius 3 is 2.06 bits per heavy atom. The largest absolute Gasteiger partial charge is 0.329 e. The molecular formula is C13H29N3. The number of nitrogens with zero attached hydrogens (tertiary/aromatic N) is 2. The van der Waals surface area contributed by atoms with E-state index in [4.69, 9.17) is 5.73 Å². The Hall–Kier alpha value is -0.120. The number of nitrogens with two attached hydrogens (primary N) is 1. The molecule has 0 aromatic heterocycles. The Kier molecular flexibility index (Phi) is 6.32. The van der Waals surface area contributed by atoms with Crippen molar-refractivity contribution >= 4 is 0 Å². The average molecular weight is 227 g/mol. The van der Waals surface area contributed by atoms with Crippen LogP contribution >= 0.6 is 0 Å².